The fourth-order valence-corrected chi connectivity index (χ4v) is 1.03. The molecule has 0 N–H and O–H groups in total. The van der Waals surface area contributed by atoms with Crippen LogP contribution in [0.4, 0.5) is 0 Å². The number of aryl methyl sites for hydroxylation is 2. The second-order valence-corrected chi connectivity index (χ2v) is 2.51. The normalized spacial score (nSPS) is 9.08. The van der Waals surface area contributed by atoms with Gasteiger partial charge in [0.15, 0.2) is 0 Å². The summed E-state index contributed by atoms with van der Waals surface area (Å²) in [5.41, 5.74) is 2.84. The van der Waals surface area contributed by atoms with Crippen molar-refractivity contribution in [2.24, 2.45) is 7.05 Å². The van der Waals surface area contributed by atoms with E-state index in [-0.39, 0.29) is 53.8 Å². The first-order valence-corrected chi connectivity index (χ1v) is 3.37. The van der Waals surface area contributed by atoms with Crippen LogP contribution in [0.3, 0.4) is 0 Å². The molecule has 2 aromatic heterocycles. The third-order valence-electron chi connectivity index (χ3n) is 1.67. The zero-order valence-corrected chi connectivity index (χ0v) is 13.2. The average molecular weight is 418 g/mol. The molecule has 0 aromatic carbocycles. The van der Waals surface area contributed by atoms with Gasteiger partial charge in [0.1, 0.15) is 0 Å². The Balaban J connectivity index is 0.000000720. The monoisotopic (exact) mass is 418 g/mol. The molecular formula is C8H7N3WY-2. The summed E-state index contributed by atoms with van der Waals surface area (Å²) >= 11 is 0. The molecular weight excluding hydrogens is 411 g/mol. The average Bonchev–Trinajstić information content (AvgIpc) is 2.35. The van der Waals surface area contributed by atoms with Gasteiger partial charge in [-0.15, -0.1) is 5.52 Å². The molecule has 13 heavy (non-hydrogen) atoms. The van der Waals surface area contributed by atoms with Crippen LogP contribution < -0.4 is 0 Å². The van der Waals surface area contributed by atoms with Gasteiger partial charge in [-0.25, -0.2) is 0 Å². The Labute approximate surface area is 116 Å². The first-order chi connectivity index (χ1) is 5.29. The molecule has 0 bridgehead atoms. The standard InChI is InChI=1S/C8H7N3.W.Y/c1-6-3-4-9-8-7(6)10-5-11(8)2;;/h3H,1-2H3;;/q-2;;. The van der Waals surface area contributed by atoms with Crippen LogP contribution in [-0.2, 0) is 60.8 Å². The van der Waals surface area contributed by atoms with Gasteiger partial charge in [0.25, 0.3) is 0 Å². The summed E-state index contributed by atoms with van der Waals surface area (Å²) in [7, 11) is 1.87. The summed E-state index contributed by atoms with van der Waals surface area (Å²) < 4.78 is 1.76. The molecule has 0 saturated carbocycles. The molecule has 65 valence electrons. The van der Waals surface area contributed by atoms with Crippen molar-refractivity contribution in [3.05, 3.63) is 24.2 Å². The van der Waals surface area contributed by atoms with E-state index in [1.165, 1.54) is 0 Å². The first-order valence-electron chi connectivity index (χ1n) is 3.37. The second-order valence-electron chi connectivity index (χ2n) is 2.51. The van der Waals surface area contributed by atoms with Crippen molar-refractivity contribution < 1.29 is 53.8 Å². The number of nitrogens with zero attached hydrogens (tertiary/aromatic N) is 3. The molecule has 0 spiro atoms. The fourth-order valence-electron chi connectivity index (χ4n) is 1.03. The topological polar surface area (TPSA) is 30.7 Å². The van der Waals surface area contributed by atoms with E-state index in [9.17, 15) is 0 Å². The number of rotatable bonds is 0. The van der Waals surface area contributed by atoms with Gasteiger partial charge < -0.3 is 14.5 Å². The third kappa shape index (κ3) is 2.45. The van der Waals surface area contributed by atoms with E-state index in [2.05, 4.69) is 22.5 Å². The van der Waals surface area contributed by atoms with Gasteiger partial charge in [-0.05, 0) is 12.7 Å². The number of hydrogen-bond acceptors (Lipinski definition) is 2. The summed E-state index contributed by atoms with van der Waals surface area (Å²) in [6.45, 7) is 1.99. The molecule has 2 aromatic rings. The molecule has 0 atom stereocenters. The number of hydrogen-bond donors (Lipinski definition) is 0. The molecule has 0 unspecified atom stereocenters. The summed E-state index contributed by atoms with van der Waals surface area (Å²) in [6, 6.07) is 1.82. The second kappa shape index (κ2) is 5.33. The predicted molar refractivity (Wildman–Crippen MR) is 40.9 cm³/mol. The van der Waals surface area contributed by atoms with Gasteiger partial charge >= 0.3 is 0 Å². The van der Waals surface area contributed by atoms with Crippen LogP contribution in [-0.4, -0.2) is 14.5 Å². The van der Waals surface area contributed by atoms with Crippen LogP contribution in [0, 0.1) is 19.4 Å². The molecule has 0 aliphatic heterocycles. The Hall–Kier alpha value is 0.412. The third-order valence-corrected chi connectivity index (χ3v) is 1.67. The Morgan fingerprint density at radius 3 is 2.69 bits per heavy atom. The van der Waals surface area contributed by atoms with Crippen LogP contribution in [0.5, 0.6) is 0 Å². The van der Waals surface area contributed by atoms with Gasteiger partial charge in [-0.2, -0.15) is 11.6 Å². The Kier molecular flexibility index (Phi) is 5.50. The largest absolute Gasteiger partial charge is 0.437 e. The molecule has 5 heteroatoms. The van der Waals surface area contributed by atoms with Crippen LogP contribution >= 0.6 is 0 Å². The van der Waals surface area contributed by atoms with E-state index in [1.807, 2.05) is 20.0 Å². The van der Waals surface area contributed by atoms with Crippen molar-refractivity contribution >= 4 is 11.2 Å². The van der Waals surface area contributed by atoms with Gasteiger partial charge in [0, 0.05) is 60.1 Å². The zero-order valence-electron chi connectivity index (χ0n) is 7.40. The summed E-state index contributed by atoms with van der Waals surface area (Å²) in [4.78, 5) is 8.12. The molecule has 2 heterocycles. The molecule has 1 radical (unpaired) electrons. The van der Waals surface area contributed by atoms with Crippen LogP contribution in [0.1, 0.15) is 5.56 Å². The minimum Gasteiger partial charge on any atom is -0.437 e. The van der Waals surface area contributed by atoms with Gasteiger partial charge in [-0.1, -0.05) is 13.1 Å². The first kappa shape index (κ1) is 13.4. The molecule has 0 amide bonds. The van der Waals surface area contributed by atoms with Crippen molar-refractivity contribution in [2.45, 2.75) is 6.92 Å². The number of imidazole rings is 1. The number of fused-ring (bicyclic) bond motifs is 1. The van der Waals surface area contributed by atoms with E-state index in [0.717, 1.165) is 16.7 Å². The van der Waals surface area contributed by atoms with E-state index in [0.29, 0.717) is 0 Å². The number of pyridine rings is 1. The van der Waals surface area contributed by atoms with Crippen LogP contribution in [0.25, 0.3) is 11.2 Å². The van der Waals surface area contributed by atoms with Crippen molar-refractivity contribution in [1.82, 2.24) is 14.5 Å². The molecule has 0 saturated heterocycles. The Bertz CT molecular complexity index is 399. The maximum atomic E-state index is 4.07. The number of aromatic nitrogens is 3. The van der Waals surface area contributed by atoms with Crippen molar-refractivity contribution in [2.75, 3.05) is 0 Å². The molecule has 2 rings (SSSR count). The van der Waals surface area contributed by atoms with Crippen LogP contribution in [0.15, 0.2) is 6.07 Å². The van der Waals surface area contributed by atoms with Gasteiger partial charge in [-0.3, -0.25) is 0 Å². The Morgan fingerprint density at radius 2 is 2.08 bits per heavy atom. The zero-order chi connectivity index (χ0) is 7.84. The predicted octanol–water partition coefficient (Wildman–Crippen LogP) is 0.872. The minimum absolute atomic E-state index is 0. The van der Waals surface area contributed by atoms with Crippen LogP contribution in [0.2, 0.25) is 0 Å². The van der Waals surface area contributed by atoms with E-state index < -0.39 is 0 Å². The van der Waals surface area contributed by atoms with E-state index in [4.69, 9.17) is 0 Å². The SMILES string of the molecule is Cc1c[c-]nc2c1n[c-]n2C.[W].[Y]. The molecule has 0 aliphatic rings. The van der Waals surface area contributed by atoms with Crippen molar-refractivity contribution in [1.29, 1.82) is 0 Å². The molecule has 0 fully saturated rings. The minimum atomic E-state index is 0. The van der Waals surface area contributed by atoms with E-state index in [1.54, 1.807) is 4.57 Å². The van der Waals surface area contributed by atoms with Crippen molar-refractivity contribution in [3.63, 3.8) is 0 Å². The van der Waals surface area contributed by atoms with E-state index >= 15 is 0 Å². The molecule has 3 nitrogen and oxygen atoms in total. The van der Waals surface area contributed by atoms with Gasteiger partial charge in [0.2, 0.25) is 0 Å². The van der Waals surface area contributed by atoms with Gasteiger partial charge in [0.05, 0.1) is 0 Å². The summed E-state index contributed by atoms with van der Waals surface area (Å²) in [5, 5.41) is 0. The summed E-state index contributed by atoms with van der Waals surface area (Å²) in [6.07, 6.45) is 5.60. The maximum Gasteiger partial charge on any atom is 0.00137 e. The molecule has 0 aliphatic carbocycles. The summed E-state index contributed by atoms with van der Waals surface area (Å²) in [5.74, 6) is 0. The Morgan fingerprint density at radius 1 is 1.38 bits per heavy atom. The maximum absolute atomic E-state index is 4.07. The van der Waals surface area contributed by atoms with Crippen molar-refractivity contribution in [3.8, 4) is 0 Å². The fraction of sp³-hybridized carbons (Fsp3) is 0.250. The smallest absolute Gasteiger partial charge is 0.00137 e. The quantitative estimate of drug-likeness (QED) is 0.596.